The molecule has 0 radical (unpaired) electrons. The van der Waals surface area contributed by atoms with Gasteiger partial charge in [-0.3, -0.25) is 9.69 Å². The van der Waals surface area contributed by atoms with Gasteiger partial charge >= 0.3 is 0 Å². The maximum atomic E-state index is 12.6. The third-order valence-electron chi connectivity index (χ3n) is 5.36. The van der Waals surface area contributed by atoms with Gasteiger partial charge in [0.15, 0.2) is 0 Å². The van der Waals surface area contributed by atoms with Crippen molar-refractivity contribution in [1.82, 2.24) is 20.3 Å². The maximum Gasteiger partial charge on any atom is 0.248 e. The molecule has 156 valence electrons. The first-order valence-electron chi connectivity index (χ1n) is 9.75. The molecule has 1 aromatic heterocycles. The molecular weight excluding hydrogens is 430 g/mol. The Morgan fingerprint density at radius 1 is 1.16 bits per heavy atom. The summed E-state index contributed by atoms with van der Waals surface area (Å²) < 4.78 is 6.40. The second kappa shape index (κ2) is 8.26. The largest absolute Gasteiger partial charge is 0.469 e. The number of amides is 1. The van der Waals surface area contributed by atoms with E-state index >= 15 is 0 Å². The average Bonchev–Trinajstić information content (AvgIpc) is 3.37. The first-order chi connectivity index (χ1) is 15.1. The second-order valence-electron chi connectivity index (χ2n) is 7.22. The fraction of sp³-hybridized carbons (Fsp3) is 0.182. The lowest BCUT2D eigenvalue weighted by Crippen LogP contribution is -2.68. The Morgan fingerprint density at radius 3 is 2.39 bits per heavy atom. The summed E-state index contributed by atoms with van der Waals surface area (Å²) >= 11 is 7.36. The van der Waals surface area contributed by atoms with Crippen molar-refractivity contribution in [2.24, 2.45) is 5.73 Å². The summed E-state index contributed by atoms with van der Waals surface area (Å²) in [6.45, 7) is 0. The topological polar surface area (TPSA) is 97.1 Å². The van der Waals surface area contributed by atoms with E-state index in [4.69, 9.17) is 22.7 Å². The molecular formula is C22H19N5O2S2. The number of hydrogen-bond acceptors (Lipinski definition) is 7. The Labute approximate surface area is 188 Å². The molecule has 2 aliphatic heterocycles. The van der Waals surface area contributed by atoms with Crippen molar-refractivity contribution in [1.29, 1.82) is 0 Å². The van der Waals surface area contributed by atoms with E-state index in [1.165, 1.54) is 0 Å². The third-order valence-corrected chi connectivity index (χ3v) is 6.95. The van der Waals surface area contributed by atoms with Gasteiger partial charge in [0.1, 0.15) is 28.9 Å². The number of ether oxygens (including phenoxy) is 1. The molecule has 3 heterocycles. The van der Waals surface area contributed by atoms with E-state index in [0.717, 1.165) is 16.7 Å². The predicted octanol–water partition coefficient (Wildman–Crippen LogP) is 2.89. The number of rotatable bonds is 5. The van der Waals surface area contributed by atoms with Crippen LogP contribution in [-0.4, -0.2) is 48.4 Å². The summed E-state index contributed by atoms with van der Waals surface area (Å²) in [5, 5.41) is 10.8. The van der Waals surface area contributed by atoms with Crippen molar-refractivity contribution >= 4 is 40.5 Å². The van der Waals surface area contributed by atoms with Crippen LogP contribution in [0.2, 0.25) is 0 Å². The Kier molecular flexibility index (Phi) is 5.31. The number of β-lactam (4-membered cyclic amide) rings is 1. The van der Waals surface area contributed by atoms with Gasteiger partial charge in [-0.2, -0.15) is 15.4 Å². The molecule has 0 spiro atoms. The lowest BCUT2D eigenvalue weighted by atomic mass is 10.0. The molecule has 1 fully saturated rings. The zero-order valence-electron chi connectivity index (χ0n) is 16.3. The molecule has 2 aromatic carbocycles. The van der Waals surface area contributed by atoms with E-state index < -0.39 is 12.1 Å². The maximum absolute atomic E-state index is 12.6. The number of nitrogens with zero attached hydrogens (tertiary/aromatic N) is 3. The molecule has 9 heteroatoms. The highest BCUT2D eigenvalue weighted by Gasteiger charge is 2.51. The van der Waals surface area contributed by atoms with E-state index in [9.17, 15) is 4.79 Å². The van der Waals surface area contributed by atoms with Crippen LogP contribution in [0, 0.1) is 0 Å². The lowest BCUT2D eigenvalue weighted by molar-refractivity contribution is -0.140. The van der Waals surface area contributed by atoms with Gasteiger partial charge in [0, 0.05) is 11.3 Å². The van der Waals surface area contributed by atoms with Crippen molar-refractivity contribution < 1.29 is 9.53 Å². The quantitative estimate of drug-likeness (QED) is 0.457. The minimum atomic E-state index is -0.541. The van der Waals surface area contributed by atoms with Crippen LogP contribution < -0.4 is 5.73 Å². The zero-order chi connectivity index (χ0) is 21.4. The van der Waals surface area contributed by atoms with Crippen LogP contribution in [-0.2, 0) is 9.53 Å². The minimum Gasteiger partial charge on any atom is -0.469 e. The summed E-state index contributed by atoms with van der Waals surface area (Å²) in [6, 6.07) is 19.2. The first kappa shape index (κ1) is 19.9. The van der Waals surface area contributed by atoms with Gasteiger partial charge in [-0.05, 0) is 23.3 Å². The number of H-pyrrole nitrogens is 1. The molecule has 2 atom stereocenters. The first-order valence-corrected chi connectivity index (χ1v) is 11.2. The molecule has 5 rings (SSSR count). The highest BCUT2D eigenvalue weighted by atomic mass is 32.2. The van der Waals surface area contributed by atoms with Gasteiger partial charge in [0.05, 0.1) is 6.20 Å². The summed E-state index contributed by atoms with van der Waals surface area (Å²) in [5.74, 6) is 0.435. The molecule has 0 unspecified atom stereocenters. The number of thiocarbonyl (C=S) groups is 1. The van der Waals surface area contributed by atoms with Crippen molar-refractivity contribution in [3.8, 4) is 0 Å². The van der Waals surface area contributed by atoms with Crippen LogP contribution in [0.4, 0.5) is 0 Å². The average molecular weight is 450 g/mol. The van der Waals surface area contributed by atoms with Gasteiger partial charge in [-0.15, -0.1) is 11.8 Å². The number of aromatic nitrogens is 3. The third kappa shape index (κ3) is 3.54. The van der Waals surface area contributed by atoms with Crippen LogP contribution >= 0.6 is 24.0 Å². The summed E-state index contributed by atoms with van der Waals surface area (Å²) in [6.07, 6.45) is 1.20. The predicted molar refractivity (Wildman–Crippen MR) is 123 cm³/mol. The smallest absolute Gasteiger partial charge is 0.248 e. The van der Waals surface area contributed by atoms with Crippen LogP contribution in [0.1, 0.15) is 22.9 Å². The standard InChI is InChI=1S/C22H19N5O2S2/c23-17-20(28)27-18(15(12-31-21(17)27)16-11-24-26-25-16)22(30)29-19(13-7-3-1-4-8-13)14-9-5-2-6-10-14/h1-11,17,19,21H,12,23H2,(H,24,25,26)/t17-,21-/m1/s1. The van der Waals surface area contributed by atoms with E-state index in [1.54, 1.807) is 22.9 Å². The number of nitrogens with one attached hydrogen (secondary N) is 1. The van der Waals surface area contributed by atoms with Gasteiger partial charge in [0.2, 0.25) is 11.0 Å². The minimum absolute atomic E-state index is 0.161. The van der Waals surface area contributed by atoms with Crippen LogP contribution in [0.25, 0.3) is 5.57 Å². The second-order valence-corrected chi connectivity index (χ2v) is 8.70. The van der Waals surface area contributed by atoms with Gasteiger partial charge in [-0.1, -0.05) is 60.7 Å². The van der Waals surface area contributed by atoms with Crippen LogP contribution in [0.3, 0.4) is 0 Å². The van der Waals surface area contributed by atoms with Crippen molar-refractivity contribution in [3.63, 3.8) is 0 Å². The van der Waals surface area contributed by atoms with Crippen LogP contribution in [0.5, 0.6) is 0 Å². The number of benzene rings is 2. The summed E-state index contributed by atoms with van der Waals surface area (Å²) in [7, 11) is 0. The Balaban J connectivity index is 1.55. The fourth-order valence-electron chi connectivity index (χ4n) is 3.80. The number of carbonyl (C=O) groups is 1. The van der Waals surface area contributed by atoms with Gasteiger partial charge in [-0.25, -0.2) is 0 Å². The molecule has 7 nitrogen and oxygen atoms in total. The van der Waals surface area contributed by atoms with E-state index in [0.29, 0.717) is 17.1 Å². The van der Waals surface area contributed by atoms with Gasteiger partial charge in [0.25, 0.3) is 0 Å². The van der Waals surface area contributed by atoms with E-state index in [2.05, 4.69) is 15.4 Å². The lowest BCUT2D eigenvalue weighted by Gasteiger charge is -2.49. The van der Waals surface area contributed by atoms with E-state index in [-0.39, 0.29) is 16.3 Å². The number of thioether (sulfide) groups is 1. The Morgan fingerprint density at radius 2 is 1.81 bits per heavy atom. The molecule has 31 heavy (non-hydrogen) atoms. The molecule has 3 N–H and O–H groups in total. The van der Waals surface area contributed by atoms with Crippen LogP contribution in [0.15, 0.2) is 72.6 Å². The molecule has 1 amide bonds. The fourth-order valence-corrected chi connectivity index (χ4v) is 5.42. The number of hydrogen-bond donors (Lipinski definition) is 2. The summed E-state index contributed by atoms with van der Waals surface area (Å²) in [5.41, 5.74) is 9.96. The molecule has 1 saturated heterocycles. The normalized spacial score (nSPS) is 20.5. The molecule has 0 bridgehead atoms. The molecule has 3 aromatic rings. The monoisotopic (exact) mass is 449 g/mol. The van der Waals surface area contributed by atoms with Crippen molar-refractivity contribution in [3.05, 3.63) is 89.4 Å². The summed E-state index contributed by atoms with van der Waals surface area (Å²) in [4.78, 5) is 14.3. The molecule has 0 saturated carbocycles. The highest BCUT2D eigenvalue weighted by molar-refractivity contribution is 8.00. The molecule has 0 aliphatic carbocycles. The Hall–Kier alpha value is -3.01. The van der Waals surface area contributed by atoms with Gasteiger partial charge < -0.3 is 10.5 Å². The number of fused-ring (bicyclic) bond motifs is 1. The molecule has 2 aliphatic rings. The number of nitrogens with two attached hydrogens (primary N) is 1. The van der Waals surface area contributed by atoms with E-state index in [1.807, 2.05) is 60.7 Å². The number of aromatic amines is 1. The van der Waals surface area contributed by atoms with Crippen molar-refractivity contribution in [2.75, 3.05) is 5.75 Å². The highest BCUT2D eigenvalue weighted by Crippen LogP contribution is 2.43. The SMILES string of the molecule is N[C@@H]1C(=O)N2C(C(=S)OC(c3ccccc3)c3ccccc3)=C(c3cn[nH]n3)CS[C@H]12. The van der Waals surface area contributed by atoms with Crippen molar-refractivity contribution in [2.45, 2.75) is 17.5 Å². The zero-order valence-corrected chi connectivity index (χ0v) is 18.0. The Bertz CT molecular complexity index is 1100. The number of carbonyl (C=O) groups excluding carboxylic acids is 1.